The molecule has 1 fully saturated rings. The van der Waals surface area contributed by atoms with Gasteiger partial charge in [0.2, 0.25) is 10.0 Å². The Labute approximate surface area is 140 Å². The third-order valence-electron chi connectivity index (χ3n) is 4.87. The van der Waals surface area contributed by atoms with E-state index in [0.29, 0.717) is 29.4 Å². The largest absolute Gasteiger partial charge is 0.361 e. The SMILES string of the molecule is Cc1n[nH]c(C)c1S(=O)(=O)N1CCC(c2c[nH]c3ccccc23)C1. The number of para-hydroxylation sites is 1. The summed E-state index contributed by atoms with van der Waals surface area (Å²) >= 11 is 0. The number of aryl methyl sites for hydroxylation is 2. The Kier molecular flexibility index (Phi) is 3.51. The summed E-state index contributed by atoms with van der Waals surface area (Å²) in [7, 11) is -3.50. The van der Waals surface area contributed by atoms with E-state index in [0.717, 1.165) is 11.9 Å². The topological polar surface area (TPSA) is 81.8 Å². The van der Waals surface area contributed by atoms with Gasteiger partial charge in [0.05, 0.1) is 11.4 Å². The lowest BCUT2D eigenvalue weighted by Crippen LogP contribution is -2.29. The van der Waals surface area contributed by atoms with Gasteiger partial charge in [-0.1, -0.05) is 18.2 Å². The van der Waals surface area contributed by atoms with Crippen molar-refractivity contribution in [2.75, 3.05) is 13.1 Å². The summed E-state index contributed by atoms with van der Waals surface area (Å²) in [4.78, 5) is 3.60. The maximum Gasteiger partial charge on any atom is 0.246 e. The van der Waals surface area contributed by atoms with Crippen LogP contribution in [0.3, 0.4) is 0 Å². The van der Waals surface area contributed by atoms with E-state index in [-0.39, 0.29) is 5.92 Å². The summed E-state index contributed by atoms with van der Waals surface area (Å²) in [5.41, 5.74) is 3.42. The summed E-state index contributed by atoms with van der Waals surface area (Å²) in [6.07, 6.45) is 2.84. The molecule has 1 unspecified atom stereocenters. The Bertz CT molecular complexity index is 983. The molecule has 6 nitrogen and oxygen atoms in total. The van der Waals surface area contributed by atoms with Crippen LogP contribution < -0.4 is 0 Å². The molecule has 1 saturated heterocycles. The van der Waals surface area contributed by atoms with Gasteiger partial charge in [-0.2, -0.15) is 9.40 Å². The van der Waals surface area contributed by atoms with E-state index in [2.05, 4.69) is 21.2 Å². The molecule has 0 radical (unpaired) electrons. The Morgan fingerprint density at radius 3 is 2.79 bits per heavy atom. The highest BCUT2D eigenvalue weighted by molar-refractivity contribution is 7.89. The molecule has 2 N–H and O–H groups in total. The van der Waals surface area contributed by atoms with Gasteiger partial charge in [0, 0.05) is 36.1 Å². The van der Waals surface area contributed by atoms with Crippen LogP contribution in [0.25, 0.3) is 10.9 Å². The van der Waals surface area contributed by atoms with Crippen molar-refractivity contribution >= 4 is 20.9 Å². The normalized spacial score (nSPS) is 19.3. The molecule has 0 amide bonds. The van der Waals surface area contributed by atoms with E-state index in [9.17, 15) is 8.42 Å². The van der Waals surface area contributed by atoms with Gasteiger partial charge in [-0.15, -0.1) is 0 Å². The van der Waals surface area contributed by atoms with Gasteiger partial charge in [0.1, 0.15) is 4.90 Å². The molecule has 126 valence electrons. The summed E-state index contributed by atoms with van der Waals surface area (Å²) in [6.45, 7) is 4.52. The van der Waals surface area contributed by atoms with Crippen LogP contribution in [0, 0.1) is 13.8 Å². The van der Waals surface area contributed by atoms with Gasteiger partial charge in [0.25, 0.3) is 0 Å². The summed E-state index contributed by atoms with van der Waals surface area (Å²) in [6, 6.07) is 8.14. The molecule has 0 aliphatic carbocycles. The maximum atomic E-state index is 13.0. The minimum Gasteiger partial charge on any atom is -0.361 e. The molecule has 3 heterocycles. The molecule has 24 heavy (non-hydrogen) atoms. The van der Waals surface area contributed by atoms with Crippen LogP contribution in [0.2, 0.25) is 0 Å². The van der Waals surface area contributed by atoms with Gasteiger partial charge in [-0.3, -0.25) is 5.10 Å². The van der Waals surface area contributed by atoms with Crippen LogP contribution in [0.1, 0.15) is 29.3 Å². The van der Waals surface area contributed by atoms with Crippen LogP contribution >= 0.6 is 0 Å². The molecule has 0 bridgehead atoms. The number of aromatic amines is 2. The first kappa shape index (κ1) is 15.4. The summed E-state index contributed by atoms with van der Waals surface area (Å²) < 4.78 is 27.5. The number of nitrogens with zero attached hydrogens (tertiary/aromatic N) is 2. The first-order valence-corrected chi connectivity index (χ1v) is 9.50. The average Bonchev–Trinajstić information content (AvgIpc) is 3.25. The highest BCUT2D eigenvalue weighted by Gasteiger charge is 2.36. The minimum absolute atomic E-state index is 0.212. The van der Waals surface area contributed by atoms with Crippen LogP contribution in [0.4, 0.5) is 0 Å². The number of sulfonamides is 1. The van der Waals surface area contributed by atoms with E-state index in [1.165, 1.54) is 10.9 Å². The van der Waals surface area contributed by atoms with Crippen molar-refractivity contribution in [2.45, 2.75) is 31.1 Å². The molecule has 1 atom stereocenters. The fourth-order valence-electron chi connectivity index (χ4n) is 3.68. The standard InChI is InChI=1S/C17H20N4O2S/c1-11-17(12(2)20-19-11)24(22,23)21-8-7-13(10-21)15-9-18-16-6-4-3-5-14(15)16/h3-6,9,13,18H,7-8,10H2,1-2H3,(H,19,20). The Morgan fingerprint density at radius 2 is 2.04 bits per heavy atom. The van der Waals surface area contributed by atoms with E-state index in [4.69, 9.17) is 0 Å². The summed E-state index contributed by atoms with van der Waals surface area (Å²) in [5, 5.41) is 7.97. The van der Waals surface area contributed by atoms with Crippen molar-refractivity contribution in [1.82, 2.24) is 19.5 Å². The van der Waals surface area contributed by atoms with Crippen molar-refractivity contribution < 1.29 is 8.42 Å². The highest BCUT2D eigenvalue weighted by Crippen LogP contribution is 2.35. The zero-order valence-electron chi connectivity index (χ0n) is 13.7. The second-order valence-electron chi connectivity index (χ2n) is 6.40. The van der Waals surface area contributed by atoms with Crippen molar-refractivity contribution in [1.29, 1.82) is 0 Å². The number of fused-ring (bicyclic) bond motifs is 1. The zero-order valence-corrected chi connectivity index (χ0v) is 14.5. The molecule has 1 aliphatic heterocycles. The number of hydrogen-bond acceptors (Lipinski definition) is 3. The lowest BCUT2D eigenvalue weighted by atomic mass is 9.98. The quantitative estimate of drug-likeness (QED) is 0.766. The van der Waals surface area contributed by atoms with Gasteiger partial charge in [0.15, 0.2) is 0 Å². The van der Waals surface area contributed by atoms with Gasteiger partial charge >= 0.3 is 0 Å². The summed E-state index contributed by atoms with van der Waals surface area (Å²) in [5.74, 6) is 0.212. The third kappa shape index (κ3) is 2.27. The van der Waals surface area contributed by atoms with Crippen LogP contribution in [0.5, 0.6) is 0 Å². The number of hydrogen-bond donors (Lipinski definition) is 2. The predicted octanol–water partition coefficient (Wildman–Crippen LogP) is 2.69. The number of aromatic nitrogens is 3. The Balaban J connectivity index is 1.65. The lowest BCUT2D eigenvalue weighted by molar-refractivity contribution is 0.472. The van der Waals surface area contributed by atoms with E-state index < -0.39 is 10.0 Å². The van der Waals surface area contributed by atoms with Crippen molar-refractivity contribution in [3.05, 3.63) is 47.4 Å². The van der Waals surface area contributed by atoms with Crippen molar-refractivity contribution in [3.8, 4) is 0 Å². The third-order valence-corrected chi connectivity index (χ3v) is 7.00. The molecule has 7 heteroatoms. The zero-order chi connectivity index (χ0) is 16.9. The number of nitrogens with one attached hydrogen (secondary N) is 2. The number of rotatable bonds is 3. The fraction of sp³-hybridized carbons (Fsp3) is 0.353. The fourth-order valence-corrected chi connectivity index (χ4v) is 5.51. The molecule has 0 spiro atoms. The average molecular weight is 344 g/mol. The van der Waals surface area contributed by atoms with E-state index in [1.807, 2.05) is 24.4 Å². The van der Waals surface area contributed by atoms with Gasteiger partial charge < -0.3 is 4.98 Å². The molecule has 2 aromatic heterocycles. The van der Waals surface area contributed by atoms with E-state index in [1.54, 1.807) is 18.2 Å². The molecule has 0 saturated carbocycles. The van der Waals surface area contributed by atoms with Crippen LogP contribution in [-0.2, 0) is 10.0 Å². The molecular weight excluding hydrogens is 324 g/mol. The number of benzene rings is 1. The molecule has 1 aliphatic rings. The first-order valence-electron chi connectivity index (χ1n) is 8.06. The highest BCUT2D eigenvalue weighted by atomic mass is 32.2. The second kappa shape index (κ2) is 5.46. The van der Waals surface area contributed by atoms with Crippen molar-refractivity contribution in [3.63, 3.8) is 0 Å². The van der Waals surface area contributed by atoms with Crippen LogP contribution in [-0.4, -0.2) is 41.0 Å². The first-order chi connectivity index (χ1) is 11.5. The monoisotopic (exact) mass is 344 g/mol. The molecule has 1 aromatic carbocycles. The molecule has 3 aromatic rings. The van der Waals surface area contributed by atoms with Crippen LogP contribution in [0.15, 0.2) is 35.4 Å². The Morgan fingerprint density at radius 1 is 1.25 bits per heavy atom. The minimum atomic E-state index is -3.50. The number of H-pyrrole nitrogens is 2. The van der Waals surface area contributed by atoms with Gasteiger partial charge in [-0.05, 0) is 31.9 Å². The Hall–Kier alpha value is -2.12. The van der Waals surface area contributed by atoms with Gasteiger partial charge in [-0.25, -0.2) is 8.42 Å². The lowest BCUT2D eigenvalue weighted by Gasteiger charge is -2.16. The van der Waals surface area contributed by atoms with E-state index >= 15 is 0 Å². The second-order valence-corrected chi connectivity index (χ2v) is 8.28. The molecule has 4 rings (SSSR count). The van der Waals surface area contributed by atoms with Crippen molar-refractivity contribution in [2.24, 2.45) is 0 Å². The predicted molar refractivity (Wildman–Crippen MR) is 92.5 cm³/mol. The maximum absolute atomic E-state index is 13.0. The smallest absolute Gasteiger partial charge is 0.246 e. The molecular formula is C17H20N4O2S.